The van der Waals surface area contributed by atoms with E-state index in [1.54, 1.807) is 0 Å². The van der Waals surface area contributed by atoms with E-state index in [0.29, 0.717) is 11.8 Å². The predicted octanol–water partition coefficient (Wildman–Crippen LogP) is 4.13. The lowest BCUT2D eigenvalue weighted by Gasteiger charge is -2.30. The van der Waals surface area contributed by atoms with E-state index in [1.807, 2.05) is 0 Å². The number of nitrogens with zero attached hydrogens (tertiary/aromatic N) is 3. The Bertz CT molecular complexity index is 664. The molecular formula is C20H27N3O. The van der Waals surface area contributed by atoms with E-state index in [1.165, 1.54) is 37.1 Å². The number of likely N-dealkylation sites (tertiary alicyclic amines) is 1. The largest absolute Gasteiger partial charge is 0.339 e. The van der Waals surface area contributed by atoms with Crippen molar-refractivity contribution in [1.82, 2.24) is 15.0 Å². The number of benzene rings is 1. The van der Waals surface area contributed by atoms with E-state index in [-0.39, 0.29) is 0 Å². The maximum absolute atomic E-state index is 5.57. The zero-order valence-corrected chi connectivity index (χ0v) is 14.7. The molecule has 0 atom stereocenters. The summed E-state index contributed by atoms with van der Waals surface area (Å²) in [5.74, 6) is 2.67. The standard InChI is InChI=1S/C20H27N3O/c1-14(2)16-5-3-15(4-6-16)13-19-21-20(24-22-19)17-9-11-23(12-10-17)18-7-8-18/h3-6,14,17-18H,7-13H2,1-2H3. The van der Waals surface area contributed by atoms with Crippen LogP contribution in [0.15, 0.2) is 28.8 Å². The molecule has 0 bridgehead atoms. The van der Waals surface area contributed by atoms with Crippen LogP contribution < -0.4 is 0 Å². The van der Waals surface area contributed by atoms with Gasteiger partial charge in [0.25, 0.3) is 0 Å². The fourth-order valence-electron chi connectivity index (χ4n) is 3.66. The van der Waals surface area contributed by atoms with Gasteiger partial charge in [0.2, 0.25) is 5.89 Å². The topological polar surface area (TPSA) is 42.2 Å². The summed E-state index contributed by atoms with van der Waals surface area (Å²) in [6, 6.07) is 9.64. The molecule has 2 fully saturated rings. The van der Waals surface area contributed by atoms with Crippen molar-refractivity contribution < 1.29 is 4.52 Å². The first-order chi connectivity index (χ1) is 11.7. The molecule has 2 heterocycles. The van der Waals surface area contributed by atoms with E-state index in [2.05, 4.69) is 53.2 Å². The van der Waals surface area contributed by atoms with Gasteiger partial charge in [-0.25, -0.2) is 0 Å². The van der Waals surface area contributed by atoms with Crippen LogP contribution in [-0.4, -0.2) is 34.2 Å². The second-order valence-corrected chi connectivity index (χ2v) is 7.66. The summed E-state index contributed by atoms with van der Waals surface area (Å²) in [4.78, 5) is 7.30. The third-order valence-corrected chi connectivity index (χ3v) is 5.43. The van der Waals surface area contributed by atoms with E-state index in [9.17, 15) is 0 Å². The van der Waals surface area contributed by atoms with Gasteiger partial charge in [-0.05, 0) is 55.8 Å². The quantitative estimate of drug-likeness (QED) is 0.829. The van der Waals surface area contributed by atoms with Crippen molar-refractivity contribution in [3.63, 3.8) is 0 Å². The average molecular weight is 325 g/mol. The minimum atomic E-state index is 0.449. The smallest absolute Gasteiger partial charge is 0.229 e. The molecule has 128 valence electrons. The molecule has 0 N–H and O–H groups in total. The highest BCUT2D eigenvalue weighted by molar-refractivity contribution is 5.26. The summed E-state index contributed by atoms with van der Waals surface area (Å²) in [5, 5.41) is 4.21. The monoisotopic (exact) mass is 325 g/mol. The van der Waals surface area contributed by atoms with E-state index >= 15 is 0 Å². The van der Waals surface area contributed by atoms with Crippen LogP contribution in [0.3, 0.4) is 0 Å². The van der Waals surface area contributed by atoms with Crippen molar-refractivity contribution in [2.24, 2.45) is 0 Å². The Labute approximate surface area is 144 Å². The number of aromatic nitrogens is 2. The fourth-order valence-corrected chi connectivity index (χ4v) is 3.66. The molecule has 1 saturated carbocycles. The molecule has 1 aliphatic heterocycles. The Morgan fingerprint density at radius 1 is 1.08 bits per heavy atom. The molecule has 4 rings (SSSR count). The first kappa shape index (κ1) is 15.8. The molecule has 1 saturated heterocycles. The molecule has 0 radical (unpaired) electrons. The fraction of sp³-hybridized carbons (Fsp3) is 0.600. The van der Waals surface area contributed by atoms with Gasteiger partial charge in [0.1, 0.15) is 0 Å². The van der Waals surface area contributed by atoms with Crippen LogP contribution in [0.2, 0.25) is 0 Å². The summed E-state index contributed by atoms with van der Waals surface area (Å²) >= 11 is 0. The highest BCUT2D eigenvalue weighted by Gasteiger charge is 2.33. The van der Waals surface area contributed by atoms with E-state index in [4.69, 9.17) is 4.52 Å². The van der Waals surface area contributed by atoms with Crippen LogP contribution in [0.25, 0.3) is 0 Å². The van der Waals surface area contributed by atoms with Crippen molar-refractivity contribution in [2.75, 3.05) is 13.1 Å². The SMILES string of the molecule is CC(C)c1ccc(Cc2noc(C3CCN(C4CC4)CC3)n2)cc1. The number of hydrogen-bond donors (Lipinski definition) is 0. The molecule has 0 unspecified atom stereocenters. The molecule has 1 aromatic heterocycles. The van der Waals surface area contributed by atoms with Crippen LogP contribution >= 0.6 is 0 Å². The Morgan fingerprint density at radius 3 is 2.42 bits per heavy atom. The van der Waals surface area contributed by atoms with Gasteiger partial charge in [-0.1, -0.05) is 43.3 Å². The van der Waals surface area contributed by atoms with Gasteiger partial charge < -0.3 is 9.42 Å². The lowest BCUT2D eigenvalue weighted by Crippen LogP contribution is -2.34. The molecule has 24 heavy (non-hydrogen) atoms. The second kappa shape index (κ2) is 6.67. The molecule has 0 amide bonds. The van der Waals surface area contributed by atoms with E-state index in [0.717, 1.165) is 37.0 Å². The summed E-state index contributed by atoms with van der Waals surface area (Å²) in [5.41, 5.74) is 2.62. The Balaban J connectivity index is 1.36. The Morgan fingerprint density at radius 2 is 1.79 bits per heavy atom. The molecular weight excluding hydrogens is 298 g/mol. The van der Waals surface area contributed by atoms with Gasteiger partial charge in [-0.3, -0.25) is 0 Å². The van der Waals surface area contributed by atoms with Gasteiger partial charge in [-0.15, -0.1) is 0 Å². The summed E-state index contributed by atoms with van der Waals surface area (Å²) in [6.07, 6.45) is 5.85. The number of piperidine rings is 1. The van der Waals surface area contributed by atoms with Gasteiger partial charge in [0.05, 0.1) is 0 Å². The highest BCUT2D eigenvalue weighted by Crippen LogP contribution is 2.34. The maximum atomic E-state index is 5.57. The number of hydrogen-bond acceptors (Lipinski definition) is 4. The van der Waals surface area contributed by atoms with Gasteiger partial charge in [0, 0.05) is 18.4 Å². The zero-order valence-electron chi connectivity index (χ0n) is 14.7. The number of rotatable bonds is 5. The minimum Gasteiger partial charge on any atom is -0.339 e. The zero-order chi connectivity index (χ0) is 16.5. The van der Waals surface area contributed by atoms with Crippen molar-refractivity contribution in [1.29, 1.82) is 0 Å². The lowest BCUT2D eigenvalue weighted by molar-refractivity contribution is 0.186. The normalized spacial score (nSPS) is 20.0. The van der Waals surface area contributed by atoms with Gasteiger partial charge >= 0.3 is 0 Å². The predicted molar refractivity (Wildman–Crippen MR) is 94.2 cm³/mol. The summed E-state index contributed by atoms with van der Waals surface area (Å²) in [7, 11) is 0. The summed E-state index contributed by atoms with van der Waals surface area (Å²) in [6.45, 7) is 6.80. The first-order valence-electron chi connectivity index (χ1n) is 9.34. The second-order valence-electron chi connectivity index (χ2n) is 7.66. The van der Waals surface area contributed by atoms with Crippen molar-refractivity contribution >= 4 is 0 Å². The van der Waals surface area contributed by atoms with Crippen molar-refractivity contribution in [2.45, 2.75) is 63.8 Å². The third-order valence-electron chi connectivity index (χ3n) is 5.43. The van der Waals surface area contributed by atoms with Crippen molar-refractivity contribution in [3.8, 4) is 0 Å². The summed E-state index contributed by atoms with van der Waals surface area (Å²) < 4.78 is 5.57. The molecule has 0 spiro atoms. The van der Waals surface area contributed by atoms with Gasteiger partial charge in [-0.2, -0.15) is 4.98 Å². The van der Waals surface area contributed by atoms with Crippen LogP contribution in [0, 0.1) is 0 Å². The van der Waals surface area contributed by atoms with Crippen LogP contribution in [0.1, 0.15) is 74.2 Å². The molecule has 2 aliphatic rings. The van der Waals surface area contributed by atoms with Gasteiger partial charge in [0.15, 0.2) is 5.82 Å². The van der Waals surface area contributed by atoms with E-state index < -0.39 is 0 Å². The average Bonchev–Trinajstić information content (AvgIpc) is 3.35. The lowest BCUT2D eigenvalue weighted by atomic mass is 9.96. The van der Waals surface area contributed by atoms with Crippen LogP contribution in [0.5, 0.6) is 0 Å². The molecule has 1 aromatic carbocycles. The Hall–Kier alpha value is -1.68. The van der Waals surface area contributed by atoms with Crippen molar-refractivity contribution in [3.05, 3.63) is 47.1 Å². The highest BCUT2D eigenvalue weighted by atomic mass is 16.5. The Kier molecular flexibility index (Phi) is 4.40. The molecule has 4 heteroatoms. The van der Waals surface area contributed by atoms with Crippen LogP contribution in [-0.2, 0) is 6.42 Å². The van der Waals surface area contributed by atoms with Crippen LogP contribution in [0.4, 0.5) is 0 Å². The maximum Gasteiger partial charge on any atom is 0.229 e. The molecule has 1 aliphatic carbocycles. The molecule has 4 nitrogen and oxygen atoms in total. The third kappa shape index (κ3) is 3.54. The first-order valence-corrected chi connectivity index (χ1v) is 9.34. The minimum absolute atomic E-state index is 0.449. The molecule has 2 aromatic rings.